The highest BCUT2D eigenvalue weighted by atomic mass is 15.1. The summed E-state index contributed by atoms with van der Waals surface area (Å²) >= 11 is 0. The molecule has 1 aromatic carbocycles. The summed E-state index contributed by atoms with van der Waals surface area (Å²) in [6, 6.07) is 12.2. The van der Waals surface area contributed by atoms with Crippen molar-refractivity contribution in [1.82, 2.24) is 9.88 Å². The standard InChI is InChI=1S/C17H23N3/c1-3-11-20(12-15-8-4-5-9-16(15)18)13-17-14(2)7-6-10-19-17/h4-10H,3,11-13,18H2,1-2H3. The molecule has 0 aliphatic rings. The zero-order valence-electron chi connectivity index (χ0n) is 12.3. The average Bonchev–Trinajstić information content (AvgIpc) is 2.44. The van der Waals surface area contributed by atoms with Crippen LogP contribution >= 0.6 is 0 Å². The van der Waals surface area contributed by atoms with Gasteiger partial charge in [0, 0.05) is 25.0 Å². The Morgan fingerprint density at radius 2 is 1.90 bits per heavy atom. The monoisotopic (exact) mass is 269 g/mol. The first-order valence-electron chi connectivity index (χ1n) is 7.17. The number of pyridine rings is 1. The van der Waals surface area contributed by atoms with Crippen LogP contribution in [-0.4, -0.2) is 16.4 Å². The highest BCUT2D eigenvalue weighted by Crippen LogP contribution is 2.16. The number of hydrogen-bond acceptors (Lipinski definition) is 3. The van der Waals surface area contributed by atoms with Gasteiger partial charge in [0.1, 0.15) is 0 Å². The Morgan fingerprint density at radius 1 is 1.10 bits per heavy atom. The molecule has 2 aromatic rings. The molecule has 1 heterocycles. The third-order valence-corrected chi connectivity index (χ3v) is 3.48. The van der Waals surface area contributed by atoms with E-state index < -0.39 is 0 Å². The van der Waals surface area contributed by atoms with E-state index in [-0.39, 0.29) is 0 Å². The van der Waals surface area contributed by atoms with Gasteiger partial charge < -0.3 is 5.73 Å². The largest absolute Gasteiger partial charge is 0.398 e. The minimum Gasteiger partial charge on any atom is -0.398 e. The molecule has 1 aromatic heterocycles. The van der Waals surface area contributed by atoms with Crippen molar-refractivity contribution in [3.63, 3.8) is 0 Å². The van der Waals surface area contributed by atoms with Crippen molar-refractivity contribution >= 4 is 5.69 Å². The zero-order chi connectivity index (χ0) is 14.4. The van der Waals surface area contributed by atoms with Gasteiger partial charge in [-0.25, -0.2) is 0 Å². The maximum Gasteiger partial charge on any atom is 0.0573 e. The van der Waals surface area contributed by atoms with E-state index in [0.29, 0.717) is 0 Å². The van der Waals surface area contributed by atoms with Crippen LogP contribution in [0.3, 0.4) is 0 Å². The second-order valence-electron chi connectivity index (χ2n) is 5.18. The third kappa shape index (κ3) is 3.81. The zero-order valence-corrected chi connectivity index (χ0v) is 12.3. The van der Waals surface area contributed by atoms with Gasteiger partial charge in [0.25, 0.3) is 0 Å². The molecule has 0 spiro atoms. The number of nitrogen functional groups attached to an aromatic ring is 1. The number of aryl methyl sites for hydroxylation is 1. The molecule has 3 nitrogen and oxygen atoms in total. The molecule has 0 aliphatic heterocycles. The van der Waals surface area contributed by atoms with E-state index >= 15 is 0 Å². The van der Waals surface area contributed by atoms with E-state index in [1.54, 1.807) is 0 Å². The molecule has 0 aliphatic carbocycles. The minimum absolute atomic E-state index is 0.867. The Kier molecular flexibility index (Phi) is 5.13. The average molecular weight is 269 g/mol. The van der Waals surface area contributed by atoms with Gasteiger partial charge in [-0.2, -0.15) is 0 Å². The Labute approximate surface area is 121 Å². The van der Waals surface area contributed by atoms with Crippen LogP contribution < -0.4 is 5.73 Å². The summed E-state index contributed by atoms with van der Waals surface area (Å²) in [5, 5.41) is 0. The Balaban J connectivity index is 2.12. The lowest BCUT2D eigenvalue weighted by Gasteiger charge is -2.23. The van der Waals surface area contributed by atoms with Crippen LogP contribution in [0.2, 0.25) is 0 Å². The number of aromatic nitrogens is 1. The van der Waals surface area contributed by atoms with E-state index in [4.69, 9.17) is 5.73 Å². The van der Waals surface area contributed by atoms with E-state index in [2.05, 4.69) is 35.9 Å². The first-order chi connectivity index (χ1) is 9.70. The molecule has 2 N–H and O–H groups in total. The van der Waals surface area contributed by atoms with Crippen LogP contribution in [0, 0.1) is 6.92 Å². The van der Waals surface area contributed by atoms with Crippen molar-refractivity contribution in [1.29, 1.82) is 0 Å². The van der Waals surface area contributed by atoms with Gasteiger partial charge in [0.15, 0.2) is 0 Å². The van der Waals surface area contributed by atoms with E-state index in [1.165, 1.54) is 11.1 Å². The topological polar surface area (TPSA) is 42.1 Å². The number of anilines is 1. The summed E-state index contributed by atoms with van der Waals surface area (Å²) in [5.74, 6) is 0. The van der Waals surface area contributed by atoms with Gasteiger partial charge >= 0.3 is 0 Å². The molecular formula is C17H23N3. The summed E-state index contributed by atoms with van der Waals surface area (Å²) < 4.78 is 0. The molecule has 0 amide bonds. The number of nitrogens with zero attached hydrogens (tertiary/aromatic N) is 2. The van der Waals surface area contributed by atoms with Crippen molar-refractivity contribution in [2.45, 2.75) is 33.4 Å². The number of hydrogen-bond donors (Lipinski definition) is 1. The summed E-state index contributed by atoms with van der Waals surface area (Å²) in [6.45, 7) is 7.10. The van der Waals surface area contributed by atoms with E-state index in [1.807, 2.05) is 30.5 Å². The maximum absolute atomic E-state index is 6.05. The molecule has 20 heavy (non-hydrogen) atoms. The predicted molar refractivity (Wildman–Crippen MR) is 84.2 cm³/mol. The molecular weight excluding hydrogens is 246 g/mol. The first kappa shape index (κ1) is 14.5. The molecule has 0 fully saturated rings. The summed E-state index contributed by atoms with van der Waals surface area (Å²) in [5.41, 5.74) is 10.5. The van der Waals surface area contributed by atoms with E-state index in [9.17, 15) is 0 Å². The van der Waals surface area contributed by atoms with Crippen molar-refractivity contribution in [3.05, 3.63) is 59.4 Å². The maximum atomic E-state index is 6.05. The number of rotatable bonds is 6. The Hall–Kier alpha value is -1.87. The lowest BCUT2D eigenvalue weighted by atomic mass is 10.1. The molecule has 0 atom stereocenters. The van der Waals surface area contributed by atoms with Gasteiger partial charge in [-0.05, 0) is 43.1 Å². The van der Waals surface area contributed by atoms with Gasteiger partial charge in [-0.15, -0.1) is 0 Å². The van der Waals surface area contributed by atoms with Crippen molar-refractivity contribution in [3.8, 4) is 0 Å². The highest BCUT2D eigenvalue weighted by molar-refractivity contribution is 5.46. The smallest absolute Gasteiger partial charge is 0.0573 e. The second-order valence-corrected chi connectivity index (χ2v) is 5.18. The third-order valence-electron chi connectivity index (χ3n) is 3.48. The highest BCUT2D eigenvalue weighted by Gasteiger charge is 2.10. The number of para-hydroxylation sites is 1. The molecule has 0 unspecified atom stereocenters. The lowest BCUT2D eigenvalue weighted by Crippen LogP contribution is -2.25. The van der Waals surface area contributed by atoms with E-state index in [0.717, 1.165) is 37.4 Å². The quantitative estimate of drug-likeness (QED) is 0.817. The minimum atomic E-state index is 0.867. The normalized spacial score (nSPS) is 10.9. The summed E-state index contributed by atoms with van der Waals surface area (Å²) in [7, 11) is 0. The SMILES string of the molecule is CCCN(Cc1ccccc1N)Cc1ncccc1C. The fourth-order valence-corrected chi connectivity index (χ4v) is 2.35. The van der Waals surface area contributed by atoms with Crippen LogP contribution in [0.15, 0.2) is 42.6 Å². The van der Waals surface area contributed by atoms with Crippen molar-refractivity contribution in [2.24, 2.45) is 0 Å². The molecule has 0 saturated carbocycles. The van der Waals surface area contributed by atoms with Crippen LogP contribution in [-0.2, 0) is 13.1 Å². The van der Waals surface area contributed by atoms with Crippen LogP contribution in [0.4, 0.5) is 5.69 Å². The molecule has 3 heteroatoms. The summed E-state index contributed by atoms with van der Waals surface area (Å²) in [6.07, 6.45) is 2.99. The van der Waals surface area contributed by atoms with Crippen LogP contribution in [0.25, 0.3) is 0 Å². The first-order valence-corrected chi connectivity index (χ1v) is 7.17. The van der Waals surface area contributed by atoms with Crippen molar-refractivity contribution in [2.75, 3.05) is 12.3 Å². The fourth-order valence-electron chi connectivity index (χ4n) is 2.35. The van der Waals surface area contributed by atoms with Crippen LogP contribution in [0.5, 0.6) is 0 Å². The molecule has 0 bridgehead atoms. The van der Waals surface area contributed by atoms with Crippen molar-refractivity contribution < 1.29 is 0 Å². The number of nitrogens with two attached hydrogens (primary N) is 1. The molecule has 0 saturated heterocycles. The molecule has 106 valence electrons. The van der Waals surface area contributed by atoms with Gasteiger partial charge in [-0.1, -0.05) is 31.2 Å². The predicted octanol–water partition coefficient (Wildman–Crippen LogP) is 3.38. The fraction of sp³-hybridized carbons (Fsp3) is 0.353. The van der Waals surface area contributed by atoms with Crippen LogP contribution in [0.1, 0.15) is 30.2 Å². The molecule has 0 radical (unpaired) electrons. The van der Waals surface area contributed by atoms with Gasteiger partial charge in [0.2, 0.25) is 0 Å². The number of benzene rings is 1. The van der Waals surface area contributed by atoms with Gasteiger partial charge in [0.05, 0.1) is 5.69 Å². The molecule has 2 rings (SSSR count). The van der Waals surface area contributed by atoms with Gasteiger partial charge in [-0.3, -0.25) is 9.88 Å². The Morgan fingerprint density at radius 3 is 2.60 bits per heavy atom. The summed E-state index contributed by atoms with van der Waals surface area (Å²) in [4.78, 5) is 6.90. The second kappa shape index (κ2) is 7.06. The lowest BCUT2D eigenvalue weighted by molar-refractivity contribution is 0.254. The Bertz CT molecular complexity index is 504.